The fourth-order valence-electron chi connectivity index (χ4n) is 2.54. The lowest BCUT2D eigenvalue weighted by atomic mass is 10.0. The molecule has 3 nitrogen and oxygen atoms in total. The predicted octanol–water partition coefficient (Wildman–Crippen LogP) is 2.72. The Morgan fingerprint density at radius 3 is 2.94 bits per heavy atom. The number of benzene rings is 1. The normalized spacial score (nSPS) is 22.7. The Labute approximate surface area is 102 Å². The summed E-state index contributed by atoms with van der Waals surface area (Å²) in [6.45, 7) is 0.580. The van der Waals surface area contributed by atoms with Crippen LogP contribution in [0, 0.1) is 0 Å². The number of nitrogens with zero attached hydrogens (tertiary/aromatic N) is 2. The minimum absolute atomic E-state index is 0.000972. The van der Waals surface area contributed by atoms with E-state index in [1.54, 1.807) is 6.07 Å². The summed E-state index contributed by atoms with van der Waals surface area (Å²) in [5.74, 6) is 0.942. The number of halogens is 3. The SMILES string of the molecule is FC(F)(F)c1cccc([C@@H]2CCC3=NNCN32)c1. The Bertz CT molecular complexity index is 496. The zero-order chi connectivity index (χ0) is 12.8. The van der Waals surface area contributed by atoms with E-state index in [-0.39, 0.29) is 6.04 Å². The number of nitrogens with one attached hydrogen (secondary N) is 1. The molecule has 0 aromatic heterocycles. The molecule has 1 aromatic rings. The number of hydrogen-bond acceptors (Lipinski definition) is 3. The summed E-state index contributed by atoms with van der Waals surface area (Å²) in [6, 6.07) is 5.57. The van der Waals surface area contributed by atoms with Crippen LogP contribution in [0.2, 0.25) is 0 Å². The smallest absolute Gasteiger partial charge is 0.333 e. The number of hydrogen-bond donors (Lipinski definition) is 1. The first-order valence-corrected chi connectivity index (χ1v) is 5.79. The second-order valence-electron chi connectivity index (χ2n) is 4.49. The highest BCUT2D eigenvalue weighted by molar-refractivity contribution is 5.85. The van der Waals surface area contributed by atoms with Crippen LogP contribution in [0.5, 0.6) is 0 Å². The van der Waals surface area contributed by atoms with Gasteiger partial charge >= 0.3 is 6.18 Å². The molecule has 1 atom stereocenters. The van der Waals surface area contributed by atoms with Gasteiger partial charge in [-0.05, 0) is 24.1 Å². The van der Waals surface area contributed by atoms with Crippen molar-refractivity contribution >= 4 is 5.84 Å². The van der Waals surface area contributed by atoms with Crippen molar-refractivity contribution in [3.63, 3.8) is 0 Å². The lowest BCUT2D eigenvalue weighted by Gasteiger charge is -2.22. The molecular formula is C12H12F3N3. The molecule has 0 amide bonds. The molecule has 0 aliphatic carbocycles. The van der Waals surface area contributed by atoms with Gasteiger partial charge in [-0.2, -0.15) is 18.3 Å². The molecule has 0 radical (unpaired) electrons. The van der Waals surface area contributed by atoms with Crippen LogP contribution < -0.4 is 5.43 Å². The summed E-state index contributed by atoms with van der Waals surface area (Å²) in [6.07, 6.45) is -2.65. The maximum atomic E-state index is 12.7. The second kappa shape index (κ2) is 3.90. The lowest BCUT2D eigenvalue weighted by Crippen LogP contribution is -2.27. The zero-order valence-corrected chi connectivity index (χ0v) is 9.54. The first-order chi connectivity index (χ1) is 8.55. The van der Waals surface area contributed by atoms with E-state index in [4.69, 9.17) is 0 Å². The molecule has 0 spiro atoms. The Hall–Kier alpha value is -1.72. The van der Waals surface area contributed by atoms with Crippen LogP contribution in [-0.4, -0.2) is 17.4 Å². The molecule has 1 aromatic carbocycles. The van der Waals surface area contributed by atoms with Crippen LogP contribution in [-0.2, 0) is 6.18 Å². The number of amidine groups is 1. The summed E-state index contributed by atoms with van der Waals surface area (Å²) >= 11 is 0. The molecule has 96 valence electrons. The number of rotatable bonds is 1. The van der Waals surface area contributed by atoms with E-state index >= 15 is 0 Å². The third-order valence-electron chi connectivity index (χ3n) is 3.40. The largest absolute Gasteiger partial charge is 0.416 e. The number of hydrazone groups is 1. The third-order valence-corrected chi connectivity index (χ3v) is 3.40. The van der Waals surface area contributed by atoms with Crippen LogP contribution in [0.1, 0.15) is 30.0 Å². The van der Waals surface area contributed by atoms with E-state index < -0.39 is 11.7 Å². The van der Waals surface area contributed by atoms with Crippen LogP contribution in [0.3, 0.4) is 0 Å². The van der Waals surface area contributed by atoms with Gasteiger partial charge in [0.1, 0.15) is 12.5 Å². The van der Waals surface area contributed by atoms with Crippen molar-refractivity contribution in [1.29, 1.82) is 0 Å². The van der Waals surface area contributed by atoms with Gasteiger partial charge in [0.05, 0.1) is 11.6 Å². The van der Waals surface area contributed by atoms with Crippen LogP contribution >= 0.6 is 0 Å². The summed E-state index contributed by atoms with van der Waals surface area (Å²) < 4.78 is 38.0. The molecule has 2 aliphatic heterocycles. The van der Waals surface area contributed by atoms with Crippen molar-refractivity contribution in [3.8, 4) is 0 Å². The van der Waals surface area contributed by atoms with Gasteiger partial charge in [-0.15, -0.1) is 0 Å². The highest BCUT2D eigenvalue weighted by atomic mass is 19.4. The Kier molecular flexibility index (Phi) is 2.46. The van der Waals surface area contributed by atoms with Gasteiger partial charge in [0.15, 0.2) is 0 Å². The lowest BCUT2D eigenvalue weighted by molar-refractivity contribution is -0.137. The highest BCUT2D eigenvalue weighted by Gasteiger charge is 2.35. The Balaban J connectivity index is 1.91. The van der Waals surface area contributed by atoms with Gasteiger partial charge in [0.25, 0.3) is 0 Å². The summed E-state index contributed by atoms with van der Waals surface area (Å²) in [5.41, 5.74) is 2.98. The molecule has 6 heteroatoms. The van der Waals surface area contributed by atoms with Crippen molar-refractivity contribution in [2.45, 2.75) is 25.1 Å². The van der Waals surface area contributed by atoms with Crippen molar-refractivity contribution < 1.29 is 13.2 Å². The van der Waals surface area contributed by atoms with Gasteiger partial charge in [0.2, 0.25) is 0 Å². The molecule has 18 heavy (non-hydrogen) atoms. The monoisotopic (exact) mass is 255 g/mol. The molecule has 0 unspecified atom stereocenters. The minimum atomic E-state index is -4.28. The summed E-state index contributed by atoms with van der Waals surface area (Å²) in [7, 11) is 0. The molecular weight excluding hydrogens is 243 g/mol. The van der Waals surface area contributed by atoms with E-state index in [1.165, 1.54) is 12.1 Å². The van der Waals surface area contributed by atoms with Gasteiger partial charge in [-0.25, -0.2) is 0 Å². The molecule has 1 fully saturated rings. The average Bonchev–Trinajstić information content (AvgIpc) is 2.89. The van der Waals surface area contributed by atoms with Crippen LogP contribution in [0.15, 0.2) is 29.4 Å². The summed E-state index contributed by atoms with van der Waals surface area (Å²) in [5, 5.41) is 4.11. The van der Waals surface area contributed by atoms with Gasteiger partial charge in [-0.1, -0.05) is 12.1 Å². The van der Waals surface area contributed by atoms with E-state index in [1.807, 2.05) is 4.90 Å². The summed E-state index contributed by atoms with van der Waals surface area (Å²) in [4.78, 5) is 2.02. The maximum Gasteiger partial charge on any atom is 0.416 e. The van der Waals surface area contributed by atoms with Crippen LogP contribution in [0.4, 0.5) is 13.2 Å². The molecule has 3 rings (SSSR count). The average molecular weight is 255 g/mol. The Morgan fingerprint density at radius 1 is 1.33 bits per heavy atom. The van der Waals surface area contributed by atoms with Crippen molar-refractivity contribution in [3.05, 3.63) is 35.4 Å². The molecule has 0 saturated carbocycles. The van der Waals surface area contributed by atoms with Crippen molar-refractivity contribution in [2.75, 3.05) is 6.67 Å². The van der Waals surface area contributed by atoms with Gasteiger partial charge in [0, 0.05) is 6.42 Å². The molecule has 2 aliphatic rings. The second-order valence-corrected chi connectivity index (χ2v) is 4.49. The standard InChI is InChI=1S/C12H12F3N3/c13-12(14,15)9-3-1-2-8(6-9)10-4-5-11-17-16-7-18(10)11/h1-3,6,10,16H,4-5,7H2/t10-/m0/s1. The van der Waals surface area contributed by atoms with E-state index in [0.29, 0.717) is 12.2 Å². The fourth-order valence-corrected chi connectivity index (χ4v) is 2.54. The Morgan fingerprint density at radius 2 is 2.17 bits per heavy atom. The van der Waals surface area contributed by atoms with E-state index in [2.05, 4.69) is 10.5 Å². The third kappa shape index (κ3) is 1.81. The van der Waals surface area contributed by atoms with Crippen molar-refractivity contribution in [1.82, 2.24) is 10.3 Å². The predicted molar refractivity (Wildman–Crippen MR) is 60.7 cm³/mol. The molecule has 2 heterocycles. The zero-order valence-electron chi connectivity index (χ0n) is 9.54. The van der Waals surface area contributed by atoms with Gasteiger partial charge < -0.3 is 4.90 Å². The van der Waals surface area contributed by atoms with E-state index in [0.717, 1.165) is 24.7 Å². The number of fused-ring (bicyclic) bond motifs is 1. The maximum absolute atomic E-state index is 12.7. The number of alkyl halides is 3. The fraction of sp³-hybridized carbons (Fsp3) is 0.417. The minimum Gasteiger partial charge on any atom is -0.333 e. The molecule has 0 bridgehead atoms. The quantitative estimate of drug-likeness (QED) is 0.835. The first kappa shape index (κ1) is 11.4. The van der Waals surface area contributed by atoms with Crippen LogP contribution in [0.25, 0.3) is 0 Å². The van der Waals surface area contributed by atoms with Gasteiger partial charge in [-0.3, -0.25) is 5.43 Å². The highest BCUT2D eigenvalue weighted by Crippen LogP contribution is 2.37. The molecule has 1 saturated heterocycles. The topological polar surface area (TPSA) is 27.6 Å². The van der Waals surface area contributed by atoms with E-state index in [9.17, 15) is 13.2 Å². The van der Waals surface area contributed by atoms with Crippen molar-refractivity contribution in [2.24, 2.45) is 5.10 Å². The molecule has 1 N–H and O–H groups in total. The first-order valence-electron chi connectivity index (χ1n) is 5.79.